The minimum Gasteiger partial charge on any atom is -1.00 e. The van der Waals surface area contributed by atoms with Gasteiger partial charge in [-0.3, -0.25) is 0 Å². The lowest BCUT2D eigenvalue weighted by Gasteiger charge is -1.94. The first-order chi connectivity index (χ1) is 6.16. The van der Waals surface area contributed by atoms with Crippen molar-refractivity contribution in [1.82, 2.24) is 0 Å². The van der Waals surface area contributed by atoms with Crippen molar-refractivity contribution in [2.24, 2.45) is 0 Å². The number of aromatic hydroxyl groups is 1. The highest BCUT2D eigenvalue weighted by Gasteiger charge is 2.11. The van der Waals surface area contributed by atoms with Crippen molar-refractivity contribution < 1.29 is 21.9 Å². The largest absolute Gasteiger partial charge is 1.00 e. The summed E-state index contributed by atoms with van der Waals surface area (Å²) in [6.07, 6.45) is 0. The molecular formula is C11H11ClO2. The summed E-state index contributed by atoms with van der Waals surface area (Å²) in [7, 11) is 0. The molecule has 0 atom stereocenters. The number of phenolic OH excluding ortho intramolecular Hbond substituents is 1. The van der Waals surface area contributed by atoms with Crippen molar-refractivity contribution in [2.45, 2.75) is 13.8 Å². The lowest BCUT2D eigenvalue weighted by atomic mass is 10.1. The fourth-order valence-corrected chi connectivity index (χ4v) is 1.51. The van der Waals surface area contributed by atoms with Gasteiger partial charge in [0.1, 0.15) is 5.75 Å². The Labute approximate surface area is 88.6 Å². The molecule has 74 valence electrons. The Balaban J connectivity index is 0.000000980. The number of benzene rings is 1. The number of hydrogen-bond donors (Lipinski definition) is 1. The van der Waals surface area contributed by atoms with Crippen molar-refractivity contribution in [3.8, 4) is 5.75 Å². The SMILES string of the molecule is Cc1cc(C)c2ccc(O)cc2[o+]1.[Cl-]. The quantitative estimate of drug-likeness (QED) is 0.623. The lowest BCUT2D eigenvalue weighted by molar-refractivity contribution is -0.00000448. The minimum absolute atomic E-state index is 0. The second-order valence-corrected chi connectivity index (χ2v) is 3.22. The van der Waals surface area contributed by atoms with Gasteiger partial charge in [0.15, 0.2) is 0 Å². The van der Waals surface area contributed by atoms with E-state index in [1.807, 2.05) is 26.0 Å². The van der Waals surface area contributed by atoms with Crippen LogP contribution in [-0.2, 0) is 0 Å². The van der Waals surface area contributed by atoms with E-state index in [2.05, 4.69) is 0 Å². The number of rotatable bonds is 0. The third-order valence-corrected chi connectivity index (χ3v) is 2.08. The summed E-state index contributed by atoms with van der Waals surface area (Å²) in [6, 6.07) is 7.15. The summed E-state index contributed by atoms with van der Waals surface area (Å²) in [5, 5.41) is 10.3. The predicted molar refractivity (Wildman–Crippen MR) is 51.8 cm³/mol. The molecule has 0 fully saturated rings. The molecule has 0 aliphatic carbocycles. The van der Waals surface area contributed by atoms with E-state index in [1.165, 1.54) is 5.56 Å². The molecule has 0 amide bonds. The molecule has 0 aliphatic rings. The van der Waals surface area contributed by atoms with Crippen LogP contribution >= 0.6 is 0 Å². The molecule has 0 saturated carbocycles. The Kier molecular flexibility index (Phi) is 2.96. The zero-order chi connectivity index (χ0) is 9.42. The maximum atomic E-state index is 9.25. The van der Waals surface area contributed by atoms with Gasteiger partial charge in [0, 0.05) is 6.07 Å². The normalized spacial score (nSPS) is 9.86. The van der Waals surface area contributed by atoms with Crippen molar-refractivity contribution in [2.75, 3.05) is 0 Å². The van der Waals surface area contributed by atoms with E-state index in [-0.39, 0.29) is 18.2 Å². The minimum atomic E-state index is 0. The van der Waals surface area contributed by atoms with Crippen LogP contribution in [0.4, 0.5) is 0 Å². The summed E-state index contributed by atoms with van der Waals surface area (Å²) in [6.45, 7) is 3.93. The van der Waals surface area contributed by atoms with Gasteiger partial charge in [-0.15, -0.1) is 0 Å². The second-order valence-electron chi connectivity index (χ2n) is 3.22. The van der Waals surface area contributed by atoms with Gasteiger partial charge in [-0.05, 0) is 24.6 Å². The molecule has 3 heteroatoms. The van der Waals surface area contributed by atoms with Crippen LogP contribution in [-0.4, -0.2) is 5.11 Å². The molecule has 2 nitrogen and oxygen atoms in total. The molecular weight excluding hydrogens is 200 g/mol. The van der Waals surface area contributed by atoms with E-state index in [4.69, 9.17) is 4.42 Å². The van der Waals surface area contributed by atoms with Crippen LogP contribution in [0, 0.1) is 13.8 Å². The molecule has 0 unspecified atom stereocenters. The van der Waals surface area contributed by atoms with Crippen LogP contribution in [0.25, 0.3) is 11.0 Å². The van der Waals surface area contributed by atoms with E-state index in [0.29, 0.717) is 0 Å². The average Bonchev–Trinajstić information content (AvgIpc) is 2.02. The van der Waals surface area contributed by atoms with Crippen LogP contribution in [0.1, 0.15) is 11.3 Å². The van der Waals surface area contributed by atoms with E-state index in [0.717, 1.165) is 16.7 Å². The number of fused-ring (bicyclic) bond motifs is 1. The first-order valence-electron chi connectivity index (χ1n) is 4.20. The first-order valence-corrected chi connectivity index (χ1v) is 4.20. The Bertz CT molecular complexity index is 461. The van der Waals surface area contributed by atoms with Crippen molar-refractivity contribution in [3.05, 3.63) is 35.6 Å². The van der Waals surface area contributed by atoms with E-state index in [9.17, 15) is 5.11 Å². The maximum absolute atomic E-state index is 9.25. The van der Waals surface area contributed by atoms with Gasteiger partial charge in [0.2, 0.25) is 0 Å². The summed E-state index contributed by atoms with van der Waals surface area (Å²) in [5.41, 5.74) is 1.90. The summed E-state index contributed by atoms with van der Waals surface area (Å²) < 4.78 is 5.46. The van der Waals surface area contributed by atoms with Crippen LogP contribution in [0.2, 0.25) is 0 Å². The number of phenols is 1. The second kappa shape index (κ2) is 3.84. The average molecular weight is 211 g/mol. The summed E-state index contributed by atoms with van der Waals surface area (Å²) in [4.78, 5) is 0. The monoisotopic (exact) mass is 210 g/mol. The molecule has 0 spiro atoms. The molecule has 0 radical (unpaired) electrons. The zero-order valence-corrected chi connectivity index (χ0v) is 8.80. The molecule has 1 N–H and O–H groups in total. The molecule has 0 saturated heterocycles. The maximum Gasteiger partial charge on any atom is 0.364 e. The third-order valence-electron chi connectivity index (χ3n) is 2.08. The summed E-state index contributed by atoms with van der Waals surface area (Å²) >= 11 is 0. The standard InChI is InChI=1S/C11H10O2.ClH/c1-7-5-8(2)13-11-6-9(12)3-4-10(7)11;/h3-6H,1-2H3;1H. The first kappa shape index (κ1) is 10.8. The molecule has 14 heavy (non-hydrogen) atoms. The number of halogens is 1. The van der Waals surface area contributed by atoms with E-state index < -0.39 is 0 Å². The highest BCUT2D eigenvalue weighted by Crippen LogP contribution is 2.23. The molecule has 1 aromatic heterocycles. The highest BCUT2D eigenvalue weighted by molar-refractivity contribution is 5.81. The lowest BCUT2D eigenvalue weighted by Crippen LogP contribution is -3.00. The summed E-state index contributed by atoms with van der Waals surface area (Å²) in [5.74, 6) is 1.09. The van der Waals surface area contributed by atoms with Gasteiger partial charge in [-0.1, -0.05) is 0 Å². The van der Waals surface area contributed by atoms with Crippen LogP contribution < -0.4 is 12.4 Å². The smallest absolute Gasteiger partial charge is 0.364 e. The Morgan fingerprint density at radius 1 is 1.14 bits per heavy atom. The molecule has 0 aliphatic heterocycles. The topological polar surface area (TPSA) is 31.5 Å². The van der Waals surface area contributed by atoms with Gasteiger partial charge in [0.25, 0.3) is 0 Å². The Morgan fingerprint density at radius 3 is 2.57 bits per heavy atom. The van der Waals surface area contributed by atoms with E-state index in [1.54, 1.807) is 12.1 Å². The van der Waals surface area contributed by atoms with E-state index >= 15 is 0 Å². The molecule has 1 aromatic carbocycles. The number of hydrogen-bond acceptors (Lipinski definition) is 1. The molecule has 0 bridgehead atoms. The van der Waals surface area contributed by atoms with Gasteiger partial charge in [-0.2, -0.15) is 0 Å². The Morgan fingerprint density at radius 2 is 1.86 bits per heavy atom. The predicted octanol–water partition coefficient (Wildman–Crippen LogP) is 0.0403. The van der Waals surface area contributed by atoms with Gasteiger partial charge < -0.3 is 17.5 Å². The van der Waals surface area contributed by atoms with Crippen molar-refractivity contribution in [3.63, 3.8) is 0 Å². The molecule has 2 aromatic rings. The number of aryl methyl sites for hydroxylation is 2. The van der Waals surface area contributed by atoms with Crippen LogP contribution in [0.15, 0.2) is 28.7 Å². The molecule has 2 rings (SSSR count). The van der Waals surface area contributed by atoms with Crippen LogP contribution in [0.3, 0.4) is 0 Å². The van der Waals surface area contributed by atoms with Gasteiger partial charge in [-0.25, -0.2) is 4.42 Å². The van der Waals surface area contributed by atoms with Crippen LogP contribution in [0.5, 0.6) is 5.75 Å². The fraction of sp³-hybridized carbons (Fsp3) is 0.182. The van der Waals surface area contributed by atoms with Gasteiger partial charge in [0.05, 0.1) is 18.4 Å². The van der Waals surface area contributed by atoms with Gasteiger partial charge >= 0.3 is 11.3 Å². The third kappa shape index (κ3) is 1.80. The van der Waals surface area contributed by atoms with Crippen molar-refractivity contribution >= 4 is 11.0 Å². The highest BCUT2D eigenvalue weighted by atomic mass is 35.5. The van der Waals surface area contributed by atoms with Crippen molar-refractivity contribution in [1.29, 1.82) is 0 Å². The zero-order valence-electron chi connectivity index (χ0n) is 8.04. The fourth-order valence-electron chi connectivity index (χ4n) is 1.51. The molecule has 1 heterocycles. The Hall–Kier alpha value is -1.28.